The number of carbonyl (C=O) groups excluding carboxylic acids is 1. The molecule has 2 amide bonds. The van der Waals surface area contributed by atoms with Crippen LogP contribution < -0.4 is 11.5 Å². The Bertz CT molecular complexity index is 249. The molecule has 1 atom stereocenters. The molecule has 1 fully saturated rings. The molecule has 0 aromatic heterocycles. The van der Waals surface area contributed by atoms with Crippen LogP contribution in [0.3, 0.4) is 0 Å². The zero-order chi connectivity index (χ0) is 10.7. The lowest BCUT2D eigenvalue weighted by atomic mass is 10.2. The van der Waals surface area contributed by atoms with Crippen molar-refractivity contribution in [3.05, 3.63) is 0 Å². The van der Waals surface area contributed by atoms with Gasteiger partial charge in [0.25, 0.3) is 0 Å². The molecule has 1 saturated heterocycles. The second-order valence-corrected chi connectivity index (χ2v) is 3.94. The van der Waals surface area contributed by atoms with E-state index in [1.165, 1.54) is 0 Å². The summed E-state index contributed by atoms with van der Waals surface area (Å²) in [6.07, 6.45) is 0.858. The Balaban J connectivity index is 2.51. The fraction of sp³-hybridized carbons (Fsp3) is 0.778. The summed E-state index contributed by atoms with van der Waals surface area (Å²) in [5.74, 6) is 0.916. The highest BCUT2D eigenvalue weighted by Crippen LogP contribution is 2.12. The van der Waals surface area contributed by atoms with E-state index in [-0.39, 0.29) is 18.0 Å². The van der Waals surface area contributed by atoms with Crippen LogP contribution in [0.5, 0.6) is 0 Å². The van der Waals surface area contributed by atoms with Gasteiger partial charge in [-0.3, -0.25) is 4.99 Å². The summed E-state index contributed by atoms with van der Waals surface area (Å²) < 4.78 is 0. The van der Waals surface area contributed by atoms with Gasteiger partial charge < -0.3 is 16.4 Å². The monoisotopic (exact) mass is 198 g/mol. The van der Waals surface area contributed by atoms with Crippen LogP contribution in [-0.2, 0) is 0 Å². The second kappa shape index (κ2) is 4.30. The highest BCUT2D eigenvalue weighted by atomic mass is 16.2. The maximum Gasteiger partial charge on any atom is 0.314 e. The first-order chi connectivity index (χ1) is 6.50. The number of nitrogens with two attached hydrogens (primary N) is 2. The van der Waals surface area contributed by atoms with E-state index in [4.69, 9.17) is 11.5 Å². The van der Waals surface area contributed by atoms with Crippen LogP contribution in [0.1, 0.15) is 20.3 Å². The molecule has 14 heavy (non-hydrogen) atoms. The molecule has 0 aliphatic carbocycles. The summed E-state index contributed by atoms with van der Waals surface area (Å²) in [6, 6.07) is -0.240. The van der Waals surface area contributed by atoms with E-state index < -0.39 is 0 Å². The summed E-state index contributed by atoms with van der Waals surface area (Å²) in [5, 5.41) is 0. The van der Waals surface area contributed by atoms with Crippen LogP contribution in [0, 0.1) is 5.92 Å². The normalized spacial score (nSPS) is 23.2. The molecule has 0 spiro atoms. The molecule has 80 valence electrons. The van der Waals surface area contributed by atoms with Crippen LogP contribution in [-0.4, -0.2) is 35.9 Å². The highest BCUT2D eigenvalue weighted by Gasteiger charge is 2.24. The number of rotatable bonds is 2. The van der Waals surface area contributed by atoms with Gasteiger partial charge in [0.05, 0.1) is 11.9 Å². The smallest absolute Gasteiger partial charge is 0.314 e. The van der Waals surface area contributed by atoms with Gasteiger partial charge >= 0.3 is 6.03 Å². The minimum atomic E-state index is -0.370. The molecule has 1 aliphatic rings. The highest BCUT2D eigenvalue weighted by molar-refractivity contribution is 5.82. The van der Waals surface area contributed by atoms with Gasteiger partial charge in [-0.15, -0.1) is 0 Å². The van der Waals surface area contributed by atoms with Gasteiger partial charge in [-0.2, -0.15) is 0 Å². The standard InChI is InChI=1S/C9H18N4O/c1-6(2)8(10)12-7-3-4-13(5-7)9(11)14/h6-7H,3-5H2,1-2H3,(H2,10,12)(H2,11,14). The molecule has 0 aromatic rings. The van der Waals surface area contributed by atoms with Crippen molar-refractivity contribution in [2.24, 2.45) is 22.4 Å². The molecule has 1 aliphatic heterocycles. The first-order valence-corrected chi connectivity index (χ1v) is 4.88. The molecular formula is C9H18N4O. The minimum absolute atomic E-state index is 0.130. The number of primary amides is 1. The summed E-state index contributed by atoms with van der Waals surface area (Å²) in [6.45, 7) is 5.29. The second-order valence-electron chi connectivity index (χ2n) is 3.94. The number of nitrogens with zero attached hydrogens (tertiary/aromatic N) is 2. The van der Waals surface area contributed by atoms with Crippen molar-refractivity contribution in [3.63, 3.8) is 0 Å². The van der Waals surface area contributed by atoms with Crippen molar-refractivity contribution in [1.82, 2.24) is 4.90 Å². The third-order valence-corrected chi connectivity index (χ3v) is 2.40. The lowest BCUT2D eigenvalue weighted by Gasteiger charge is -2.12. The Hall–Kier alpha value is -1.26. The Labute approximate surface area is 84.1 Å². The van der Waals surface area contributed by atoms with Crippen molar-refractivity contribution in [2.75, 3.05) is 13.1 Å². The fourth-order valence-electron chi connectivity index (χ4n) is 1.41. The summed E-state index contributed by atoms with van der Waals surface area (Å²) in [7, 11) is 0. The van der Waals surface area contributed by atoms with Crippen molar-refractivity contribution < 1.29 is 4.79 Å². The maximum absolute atomic E-state index is 10.8. The number of likely N-dealkylation sites (tertiary alicyclic amines) is 1. The van der Waals surface area contributed by atoms with Crippen molar-refractivity contribution in [3.8, 4) is 0 Å². The van der Waals surface area contributed by atoms with Gasteiger partial charge in [0.2, 0.25) is 0 Å². The van der Waals surface area contributed by atoms with E-state index in [2.05, 4.69) is 4.99 Å². The average Bonchev–Trinajstić information content (AvgIpc) is 2.52. The third-order valence-electron chi connectivity index (χ3n) is 2.40. The van der Waals surface area contributed by atoms with Crippen LogP contribution in [0.15, 0.2) is 4.99 Å². The Morgan fingerprint density at radius 2 is 2.14 bits per heavy atom. The van der Waals surface area contributed by atoms with Gasteiger partial charge in [-0.05, 0) is 6.42 Å². The molecule has 1 unspecified atom stereocenters. The number of amidine groups is 1. The quantitative estimate of drug-likeness (QED) is 0.489. The number of aliphatic imine (C=N–C) groups is 1. The Morgan fingerprint density at radius 3 is 2.57 bits per heavy atom. The van der Waals surface area contributed by atoms with Gasteiger partial charge in [-0.25, -0.2) is 4.79 Å². The fourth-order valence-corrected chi connectivity index (χ4v) is 1.41. The summed E-state index contributed by atoms with van der Waals surface area (Å²) >= 11 is 0. The van der Waals surface area contributed by atoms with E-state index in [1.807, 2.05) is 13.8 Å². The van der Waals surface area contributed by atoms with Gasteiger partial charge in [0, 0.05) is 19.0 Å². The molecule has 0 saturated carbocycles. The molecule has 5 heteroatoms. The van der Waals surface area contributed by atoms with E-state index in [9.17, 15) is 4.79 Å². The predicted molar refractivity (Wildman–Crippen MR) is 56.0 cm³/mol. The SMILES string of the molecule is CC(C)C(N)=NC1CCN(C(N)=O)C1. The largest absolute Gasteiger partial charge is 0.387 e. The lowest BCUT2D eigenvalue weighted by molar-refractivity contribution is 0.218. The number of carbonyl (C=O) groups is 1. The molecule has 0 aromatic carbocycles. The van der Waals surface area contributed by atoms with E-state index >= 15 is 0 Å². The molecule has 0 radical (unpaired) electrons. The van der Waals surface area contributed by atoms with E-state index in [1.54, 1.807) is 4.90 Å². The predicted octanol–water partition coefficient (Wildman–Crippen LogP) is 0.153. The van der Waals surface area contributed by atoms with Crippen molar-refractivity contribution in [1.29, 1.82) is 0 Å². The van der Waals surface area contributed by atoms with Gasteiger partial charge in [-0.1, -0.05) is 13.8 Å². The van der Waals surface area contributed by atoms with Crippen LogP contribution >= 0.6 is 0 Å². The first kappa shape index (κ1) is 10.8. The van der Waals surface area contributed by atoms with Gasteiger partial charge in [0.1, 0.15) is 0 Å². The molecule has 1 heterocycles. The van der Waals surface area contributed by atoms with Crippen LogP contribution in [0.25, 0.3) is 0 Å². The zero-order valence-electron chi connectivity index (χ0n) is 8.73. The number of hydrogen-bond acceptors (Lipinski definition) is 2. The molecule has 0 bridgehead atoms. The van der Waals surface area contributed by atoms with Crippen molar-refractivity contribution >= 4 is 11.9 Å². The first-order valence-electron chi connectivity index (χ1n) is 4.88. The number of urea groups is 1. The Morgan fingerprint density at radius 1 is 1.50 bits per heavy atom. The number of amides is 2. The third kappa shape index (κ3) is 2.61. The lowest BCUT2D eigenvalue weighted by Crippen LogP contribution is -2.34. The van der Waals surface area contributed by atoms with E-state index in [0.717, 1.165) is 6.42 Å². The minimum Gasteiger partial charge on any atom is -0.387 e. The van der Waals surface area contributed by atoms with E-state index in [0.29, 0.717) is 18.9 Å². The topological polar surface area (TPSA) is 84.7 Å². The molecule has 1 rings (SSSR count). The molecule has 5 nitrogen and oxygen atoms in total. The molecular weight excluding hydrogens is 180 g/mol. The van der Waals surface area contributed by atoms with Gasteiger partial charge in [0.15, 0.2) is 0 Å². The zero-order valence-corrected chi connectivity index (χ0v) is 8.73. The van der Waals surface area contributed by atoms with Crippen LogP contribution in [0.4, 0.5) is 4.79 Å². The van der Waals surface area contributed by atoms with Crippen molar-refractivity contribution in [2.45, 2.75) is 26.3 Å². The number of hydrogen-bond donors (Lipinski definition) is 2. The summed E-state index contributed by atoms with van der Waals surface area (Å²) in [5.41, 5.74) is 10.9. The van der Waals surface area contributed by atoms with Crippen LogP contribution in [0.2, 0.25) is 0 Å². The molecule has 4 N–H and O–H groups in total. The summed E-state index contributed by atoms with van der Waals surface area (Å²) in [4.78, 5) is 16.8. The maximum atomic E-state index is 10.8. The average molecular weight is 198 g/mol. The Kier molecular flexibility index (Phi) is 3.33.